The second-order valence-electron chi connectivity index (χ2n) is 8.62. The van der Waals surface area contributed by atoms with Gasteiger partial charge < -0.3 is 9.84 Å². The van der Waals surface area contributed by atoms with Gasteiger partial charge in [0.1, 0.15) is 12.4 Å². The summed E-state index contributed by atoms with van der Waals surface area (Å²) in [7, 11) is -4.46. The Bertz CT molecular complexity index is 1600. The Hall–Kier alpha value is -3.89. The fourth-order valence-electron chi connectivity index (χ4n) is 4.41. The lowest BCUT2D eigenvalue weighted by Crippen LogP contribution is -2.33. The number of nitrogens with zero attached hydrogens (tertiary/aromatic N) is 3. The smallest absolute Gasteiger partial charge is 0.277 e. The first kappa shape index (κ1) is 27.2. The number of aromatic nitrogens is 3. The molecule has 0 spiro atoms. The van der Waals surface area contributed by atoms with E-state index in [9.17, 15) is 22.7 Å². The Labute approximate surface area is 220 Å². The van der Waals surface area contributed by atoms with Crippen LogP contribution in [-0.2, 0) is 21.2 Å². The lowest BCUT2D eigenvalue weighted by Gasteiger charge is -2.23. The van der Waals surface area contributed by atoms with Crippen LogP contribution >= 0.6 is 0 Å². The van der Waals surface area contributed by atoms with Gasteiger partial charge in [0.25, 0.3) is 5.56 Å². The van der Waals surface area contributed by atoms with Crippen molar-refractivity contribution in [3.8, 4) is 17.0 Å². The van der Waals surface area contributed by atoms with Gasteiger partial charge in [-0.3, -0.25) is 9.36 Å². The first-order chi connectivity index (χ1) is 18.2. The molecule has 10 heteroatoms. The molecule has 4 aromatic rings. The van der Waals surface area contributed by atoms with Crippen LogP contribution in [0.1, 0.15) is 43.4 Å². The molecule has 4 rings (SSSR count). The lowest BCUT2D eigenvalue weighted by atomic mass is 10.0. The van der Waals surface area contributed by atoms with Crippen molar-refractivity contribution < 1.29 is 22.7 Å². The average Bonchev–Trinajstić information content (AvgIpc) is 2.90. The number of pyridine rings is 1. The monoisotopic (exact) mass is 537 g/mol. The maximum absolute atomic E-state index is 13.8. The minimum atomic E-state index is -4.46. The Kier molecular flexibility index (Phi) is 8.03. The van der Waals surface area contributed by atoms with Gasteiger partial charge in [-0.15, -0.1) is 0 Å². The third kappa shape index (κ3) is 5.23. The minimum absolute atomic E-state index is 0.0806. The van der Waals surface area contributed by atoms with Gasteiger partial charge in [0.2, 0.25) is 21.7 Å². The molecule has 2 aromatic carbocycles. The molecule has 0 radical (unpaired) electrons. The van der Waals surface area contributed by atoms with Crippen molar-refractivity contribution >= 4 is 9.84 Å². The van der Waals surface area contributed by atoms with E-state index >= 15 is 0 Å². The first-order valence-electron chi connectivity index (χ1n) is 12.1. The van der Waals surface area contributed by atoms with E-state index in [0.717, 1.165) is 5.56 Å². The molecule has 0 saturated carbocycles. The van der Waals surface area contributed by atoms with Crippen molar-refractivity contribution in [3.05, 3.63) is 100 Å². The number of hydrogen-bond donors (Lipinski definition) is 1. The fourth-order valence-corrected chi connectivity index (χ4v) is 5.75. The number of ether oxygens (including phenoxy) is 1. The molecule has 8 nitrogen and oxygen atoms in total. The summed E-state index contributed by atoms with van der Waals surface area (Å²) in [5.41, 5.74) is 1.61. The third-order valence-electron chi connectivity index (χ3n) is 6.24. The Balaban J connectivity index is 1.85. The molecule has 1 atom stereocenters. The van der Waals surface area contributed by atoms with Crippen LogP contribution in [0.15, 0.2) is 81.3 Å². The van der Waals surface area contributed by atoms with E-state index in [0.29, 0.717) is 29.8 Å². The quantitative estimate of drug-likeness (QED) is 0.305. The lowest BCUT2D eigenvalue weighted by molar-refractivity contribution is 0.122. The summed E-state index contributed by atoms with van der Waals surface area (Å²) in [6.45, 7) is 5.57. The predicted octanol–water partition coefficient (Wildman–Crippen LogP) is 4.83. The molecular weight excluding hydrogens is 509 g/mol. The van der Waals surface area contributed by atoms with Crippen LogP contribution in [-0.4, -0.2) is 34.7 Å². The summed E-state index contributed by atoms with van der Waals surface area (Å²) >= 11 is 0. The van der Waals surface area contributed by atoms with Crippen molar-refractivity contribution in [1.82, 2.24) is 14.5 Å². The molecule has 1 N–H and O–H groups in total. The Morgan fingerprint density at radius 1 is 1.00 bits per heavy atom. The summed E-state index contributed by atoms with van der Waals surface area (Å²) < 4.78 is 47.5. The normalized spacial score (nSPS) is 12.4. The number of sulfone groups is 1. The summed E-state index contributed by atoms with van der Waals surface area (Å²) in [6.07, 6.45) is 0.467. The number of rotatable bonds is 9. The highest BCUT2D eigenvalue weighted by atomic mass is 32.2. The van der Waals surface area contributed by atoms with Gasteiger partial charge in [0, 0.05) is 17.9 Å². The number of halogens is 1. The van der Waals surface area contributed by atoms with Gasteiger partial charge in [0.15, 0.2) is 4.90 Å². The molecule has 0 fully saturated rings. The van der Waals surface area contributed by atoms with Crippen LogP contribution in [0.25, 0.3) is 11.1 Å². The van der Waals surface area contributed by atoms with E-state index in [-0.39, 0.29) is 17.3 Å². The fraction of sp³-hybridized carbons (Fsp3) is 0.250. The molecule has 0 aliphatic carbocycles. The van der Waals surface area contributed by atoms with E-state index in [1.807, 2.05) is 37.3 Å². The summed E-state index contributed by atoms with van der Waals surface area (Å²) in [5.74, 6) is -1.37. The second kappa shape index (κ2) is 11.2. The summed E-state index contributed by atoms with van der Waals surface area (Å²) in [6, 6.07) is 17.2. The molecule has 38 heavy (non-hydrogen) atoms. The van der Waals surface area contributed by atoms with E-state index < -0.39 is 38.2 Å². The first-order valence-corrected chi connectivity index (χ1v) is 13.6. The van der Waals surface area contributed by atoms with Gasteiger partial charge in [-0.05, 0) is 55.7 Å². The predicted molar refractivity (Wildman–Crippen MR) is 140 cm³/mol. The maximum atomic E-state index is 13.8. The van der Waals surface area contributed by atoms with Crippen LogP contribution in [0.2, 0.25) is 0 Å². The van der Waals surface area contributed by atoms with Crippen molar-refractivity contribution in [3.63, 3.8) is 0 Å². The van der Waals surface area contributed by atoms with E-state index in [1.165, 1.54) is 22.8 Å². The molecule has 2 aromatic heterocycles. The van der Waals surface area contributed by atoms with Gasteiger partial charge in [0.05, 0.1) is 10.9 Å². The highest BCUT2D eigenvalue weighted by Crippen LogP contribution is 2.30. The topological polar surface area (TPSA) is 111 Å². The standard InChI is InChI=1S/C28H28FN3O5S/c1-4-23(20-9-7-6-8-10-20)32-25(17-37-5-2)31-27(33)26(28(32)34)38(35,36)21-13-11-19(12-14-21)22-15-16-24(29)30-18(22)3/h6-16,23,33H,4-5,17H2,1-3H3/t23-/m0/s1. The van der Waals surface area contributed by atoms with Crippen molar-refractivity contribution in [2.45, 2.75) is 49.6 Å². The highest BCUT2D eigenvalue weighted by molar-refractivity contribution is 7.91. The van der Waals surface area contributed by atoms with Crippen molar-refractivity contribution in [2.24, 2.45) is 0 Å². The van der Waals surface area contributed by atoms with Crippen molar-refractivity contribution in [2.75, 3.05) is 6.61 Å². The van der Waals surface area contributed by atoms with Gasteiger partial charge >= 0.3 is 0 Å². The van der Waals surface area contributed by atoms with Crippen LogP contribution in [0, 0.1) is 12.9 Å². The maximum Gasteiger partial charge on any atom is 0.277 e. The Morgan fingerprint density at radius 2 is 1.68 bits per heavy atom. The number of aromatic hydroxyl groups is 1. The largest absolute Gasteiger partial charge is 0.492 e. The molecule has 198 valence electrons. The number of hydrogen-bond acceptors (Lipinski definition) is 7. The average molecular weight is 538 g/mol. The third-order valence-corrected chi connectivity index (χ3v) is 8.03. The van der Waals surface area contributed by atoms with Crippen LogP contribution < -0.4 is 5.56 Å². The van der Waals surface area contributed by atoms with E-state index in [1.54, 1.807) is 32.0 Å². The second-order valence-corrected chi connectivity index (χ2v) is 10.5. The molecule has 0 bridgehead atoms. The van der Waals surface area contributed by atoms with Gasteiger partial charge in [-0.25, -0.2) is 13.4 Å². The molecule has 2 heterocycles. The van der Waals surface area contributed by atoms with Crippen molar-refractivity contribution in [1.29, 1.82) is 0 Å². The van der Waals surface area contributed by atoms with E-state index in [4.69, 9.17) is 4.74 Å². The molecule has 0 aliphatic rings. The SMILES string of the molecule is CCOCc1nc(O)c(S(=O)(=O)c2ccc(-c3ccc(F)nc3C)cc2)c(=O)n1[C@@H](CC)c1ccccc1. The summed E-state index contributed by atoms with van der Waals surface area (Å²) in [4.78, 5) is 20.7. The van der Waals surface area contributed by atoms with E-state index in [2.05, 4.69) is 9.97 Å². The minimum Gasteiger partial charge on any atom is -0.492 e. The van der Waals surface area contributed by atoms with Crippen LogP contribution in [0.5, 0.6) is 5.88 Å². The number of benzene rings is 2. The molecule has 0 amide bonds. The zero-order valence-corrected chi connectivity index (χ0v) is 22.1. The molecule has 0 aliphatic heterocycles. The van der Waals surface area contributed by atoms with Crippen LogP contribution in [0.4, 0.5) is 4.39 Å². The zero-order chi connectivity index (χ0) is 27.4. The molecular formula is C28H28FN3O5S. The Morgan fingerprint density at radius 3 is 2.29 bits per heavy atom. The van der Waals surface area contributed by atoms with Gasteiger partial charge in [-0.1, -0.05) is 49.4 Å². The highest BCUT2D eigenvalue weighted by Gasteiger charge is 2.31. The number of aryl methyl sites for hydroxylation is 1. The molecule has 0 saturated heterocycles. The van der Waals surface area contributed by atoms with Gasteiger partial charge in [-0.2, -0.15) is 9.37 Å². The zero-order valence-electron chi connectivity index (χ0n) is 21.3. The van der Waals surface area contributed by atoms with Crippen LogP contribution in [0.3, 0.4) is 0 Å². The summed E-state index contributed by atoms with van der Waals surface area (Å²) in [5, 5.41) is 10.7. The molecule has 0 unspecified atom stereocenters.